The Labute approximate surface area is 190 Å². The van der Waals surface area contributed by atoms with Crippen LogP contribution in [-0.2, 0) is 11.3 Å². The highest BCUT2D eigenvalue weighted by atomic mass is 16.2. The van der Waals surface area contributed by atoms with Crippen LogP contribution in [0.4, 0.5) is 11.4 Å². The molecule has 168 valence electrons. The molecule has 2 heterocycles. The summed E-state index contributed by atoms with van der Waals surface area (Å²) in [4.78, 5) is 16.2. The van der Waals surface area contributed by atoms with Gasteiger partial charge in [-0.05, 0) is 69.5 Å². The van der Waals surface area contributed by atoms with Gasteiger partial charge in [0.25, 0.3) is 5.91 Å². The van der Waals surface area contributed by atoms with E-state index >= 15 is 0 Å². The van der Waals surface area contributed by atoms with E-state index in [1.165, 1.54) is 30.5 Å². The molecule has 6 heteroatoms. The Morgan fingerprint density at radius 3 is 2.34 bits per heavy atom. The van der Waals surface area contributed by atoms with Crippen LogP contribution in [0.25, 0.3) is 5.69 Å². The first-order valence-electron chi connectivity index (χ1n) is 11.6. The molecule has 1 aliphatic rings. The summed E-state index contributed by atoms with van der Waals surface area (Å²) in [5.41, 5.74) is 6.49. The number of anilines is 2. The molecule has 1 amide bonds. The van der Waals surface area contributed by atoms with Crippen LogP contribution in [-0.4, -0.2) is 42.4 Å². The van der Waals surface area contributed by atoms with Crippen molar-refractivity contribution in [3.8, 4) is 5.69 Å². The zero-order chi connectivity index (χ0) is 22.5. The van der Waals surface area contributed by atoms with E-state index in [0.717, 1.165) is 47.3 Å². The number of quaternary nitrogens is 1. The molecule has 1 aromatic heterocycles. The van der Waals surface area contributed by atoms with Gasteiger partial charge in [-0.15, -0.1) is 0 Å². The molecule has 0 spiro atoms. The number of amides is 1. The van der Waals surface area contributed by atoms with E-state index in [2.05, 4.69) is 48.5 Å². The lowest BCUT2D eigenvalue weighted by Crippen LogP contribution is -3.08. The van der Waals surface area contributed by atoms with Crippen molar-refractivity contribution in [3.05, 3.63) is 71.5 Å². The van der Waals surface area contributed by atoms with Crippen LogP contribution in [0, 0.1) is 13.8 Å². The van der Waals surface area contributed by atoms with Gasteiger partial charge in [0.15, 0.2) is 6.54 Å². The Kier molecular flexibility index (Phi) is 6.90. The third-order valence-corrected chi connectivity index (χ3v) is 6.26. The highest BCUT2D eigenvalue weighted by Crippen LogP contribution is 2.22. The molecule has 1 saturated heterocycles. The molecule has 1 fully saturated rings. The monoisotopic (exact) mass is 432 g/mol. The number of carbonyl (C=O) groups is 1. The fraction of sp³-hybridized carbons (Fsp3) is 0.385. The van der Waals surface area contributed by atoms with Crippen molar-refractivity contribution in [1.82, 2.24) is 9.78 Å². The molecular formula is C26H34N5O+. The maximum atomic E-state index is 12.6. The summed E-state index contributed by atoms with van der Waals surface area (Å²) in [6.07, 6.45) is 3.85. The van der Waals surface area contributed by atoms with Crippen molar-refractivity contribution in [3.63, 3.8) is 0 Å². The molecule has 1 aliphatic heterocycles. The van der Waals surface area contributed by atoms with E-state index in [0.29, 0.717) is 6.54 Å². The Bertz CT molecular complexity index is 1040. The summed E-state index contributed by atoms with van der Waals surface area (Å²) in [6, 6.07) is 18.4. The number of rotatable bonds is 7. The van der Waals surface area contributed by atoms with Crippen LogP contribution in [0.5, 0.6) is 0 Å². The molecule has 32 heavy (non-hydrogen) atoms. The number of piperidine rings is 1. The standard InChI is InChI=1S/C26H33N5O/c1-20-25(21(2)31(28-20)24-10-6-4-7-11-24)18-29(3)19-26(32)27-22-12-14-23(15-13-22)30-16-8-5-9-17-30/h4,6-7,10-15H,5,8-9,16-19H2,1-3H3,(H,27,32)/p+1. The Morgan fingerprint density at radius 1 is 0.969 bits per heavy atom. The van der Waals surface area contributed by atoms with E-state index < -0.39 is 0 Å². The largest absolute Gasteiger partial charge is 0.372 e. The van der Waals surface area contributed by atoms with E-state index in [1.807, 2.05) is 41.9 Å². The van der Waals surface area contributed by atoms with Gasteiger partial charge in [0.2, 0.25) is 0 Å². The van der Waals surface area contributed by atoms with E-state index in [-0.39, 0.29) is 5.91 Å². The van der Waals surface area contributed by atoms with Crippen molar-refractivity contribution >= 4 is 17.3 Å². The Hall–Kier alpha value is -3.12. The van der Waals surface area contributed by atoms with E-state index in [4.69, 9.17) is 5.10 Å². The minimum atomic E-state index is 0.0268. The van der Waals surface area contributed by atoms with Crippen LogP contribution in [0.1, 0.15) is 36.2 Å². The highest BCUT2D eigenvalue weighted by Gasteiger charge is 2.18. The first-order valence-corrected chi connectivity index (χ1v) is 11.6. The van der Waals surface area contributed by atoms with Crippen molar-refractivity contribution in [2.24, 2.45) is 0 Å². The van der Waals surface area contributed by atoms with Crippen LogP contribution in [0.3, 0.4) is 0 Å². The number of likely N-dealkylation sites (N-methyl/N-ethyl adjacent to an activating group) is 1. The smallest absolute Gasteiger partial charge is 0.279 e. The van der Waals surface area contributed by atoms with Gasteiger partial charge in [0, 0.05) is 24.5 Å². The van der Waals surface area contributed by atoms with Gasteiger partial charge in [0.05, 0.1) is 29.7 Å². The summed E-state index contributed by atoms with van der Waals surface area (Å²) in [5.74, 6) is 0.0268. The molecule has 0 radical (unpaired) electrons. The van der Waals surface area contributed by atoms with Crippen LogP contribution in [0.15, 0.2) is 54.6 Å². The van der Waals surface area contributed by atoms with Crippen LogP contribution in [0.2, 0.25) is 0 Å². The van der Waals surface area contributed by atoms with Gasteiger partial charge in [-0.3, -0.25) is 4.79 Å². The fourth-order valence-electron chi connectivity index (χ4n) is 4.50. The average Bonchev–Trinajstić information content (AvgIpc) is 3.09. The Morgan fingerprint density at radius 2 is 1.66 bits per heavy atom. The molecule has 6 nitrogen and oxygen atoms in total. The fourth-order valence-corrected chi connectivity index (χ4v) is 4.50. The second-order valence-electron chi connectivity index (χ2n) is 8.85. The minimum Gasteiger partial charge on any atom is -0.372 e. The summed E-state index contributed by atoms with van der Waals surface area (Å²) >= 11 is 0. The molecule has 2 aromatic carbocycles. The highest BCUT2D eigenvalue weighted by molar-refractivity contribution is 5.91. The van der Waals surface area contributed by atoms with Gasteiger partial charge in [-0.1, -0.05) is 18.2 Å². The molecule has 2 N–H and O–H groups in total. The maximum Gasteiger partial charge on any atom is 0.279 e. The molecule has 1 unspecified atom stereocenters. The van der Waals surface area contributed by atoms with Crippen molar-refractivity contribution < 1.29 is 9.69 Å². The predicted octanol–water partition coefficient (Wildman–Crippen LogP) is 3.13. The first kappa shape index (κ1) is 22.1. The third kappa shape index (κ3) is 5.19. The minimum absolute atomic E-state index is 0.0268. The number of aromatic nitrogens is 2. The van der Waals surface area contributed by atoms with E-state index in [9.17, 15) is 4.79 Å². The number of para-hydroxylation sites is 1. The zero-order valence-electron chi connectivity index (χ0n) is 19.4. The predicted molar refractivity (Wildman–Crippen MR) is 130 cm³/mol. The lowest BCUT2D eigenvalue weighted by atomic mass is 10.1. The number of carbonyl (C=O) groups excluding carboxylic acids is 1. The van der Waals surface area contributed by atoms with Crippen molar-refractivity contribution in [2.75, 3.05) is 36.9 Å². The van der Waals surface area contributed by atoms with Gasteiger partial charge in [-0.2, -0.15) is 5.10 Å². The number of hydrogen-bond acceptors (Lipinski definition) is 3. The number of benzene rings is 2. The first-order chi connectivity index (χ1) is 15.5. The number of aryl methyl sites for hydroxylation is 1. The third-order valence-electron chi connectivity index (χ3n) is 6.26. The van der Waals surface area contributed by atoms with E-state index in [1.54, 1.807) is 0 Å². The van der Waals surface area contributed by atoms with Gasteiger partial charge in [0.1, 0.15) is 6.54 Å². The normalized spacial score (nSPS) is 14.9. The molecule has 0 aliphatic carbocycles. The quantitative estimate of drug-likeness (QED) is 0.603. The molecule has 1 atom stereocenters. The number of nitrogens with zero attached hydrogens (tertiary/aromatic N) is 3. The van der Waals surface area contributed by atoms with Crippen molar-refractivity contribution in [1.29, 1.82) is 0 Å². The molecule has 3 aromatic rings. The van der Waals surface area contributed by atoms with Crippen LogP contribution < -0.4 is 15.1 Å². The summed E-state index contributed by atoms with van der Waals surface area (Å²) in [5, 5.41) is 7.78. The number of hydrogen-bond donors (Lipinski definition) is 2. The lowest BCUT2D eigenvalue weighted by molar-refractivity contribution is -0.885. The van der Waals surface area contributed by atoms with Crippen molar-refractivity contribution in [2.45, 2.75) is 39.7 Å². The number of nitrogens with one attached hydrogen (secondary N) is 2. The molecular weight excluding hydrogens is 398 g/mol. The van der Waals surface area contributed by atoms with Gasteiger partial charge in [-0.25, -0.2) is 4.68 Å². The lowest BCUT2D eigenvalue weighted by Gasteiger charge is -2.28. The van der Waals surface area contributed by atoms with Gasteiger partial charge >= 0.3 is 0 Å². The maximum absolute atomic E-state index is 12.6. The van der Waals surface area contributed by atoms with Gasteiger partial charge < -0.3 is 15.1 Å². The second-order valence-corrected chi connectivity index (χ2v) is 8.85. The summed E-state index contributed by atoms with van der Waals surface area (Å²) < 4.78 is 1.99. The SMILES string of the molecule is Cc1nn(-c2ccccc2)c(C)c1C[NH+](C)CC(=O)Nc1ccc(N2CCCCC2)cc1. The second kappa shape index (κ2) is 10.0. The summed E-state index contributed by atoms with van der Waals surface area (Å²) in [6.45, 7) is 7.55. The average molecular weight is 433 g/mol. The summed E-state index contributed by atoms with van der Waals surface area (Å²) in [7, 11) is 2.05. The van der Waals surface area contributed by atoms with Crippen LogP contribution >= 0.6 is 0 Å². The topological polar surface area (TPSA) is 54.6 Å². The molecule has 4 rings (SSSR count). The zero-order valence-corrected chi connectivity index (χ0v) is 19.4. The molecule has 0 saturated carbocycles. The Balaban J connectivity index is 1.34. The molecule has 0 bridgehead atoms.